The number of alkyl halides is 2. The van der Waals surface area contributed by atoms with Gasteiger partial charge in [0.25, 0.3) is 21.7 Å². The Balaban J connectivity index is 1.78. The highest BCUT2D eigenvalue weighted by atomic mass is 32.2. The number of hydrogen-bond donors (Lipinski definition) is 1. The third-order valence-electron chi connectivity index (χ3n) is 4.16. The number of halogens is 2. The Hall–Kier alpha value is -2.86. The van der Waals surface area contributed by atoms with Crippen LogP contribution in [0.15, 0.2) is 46.2 Å². The molecule has 2 aromatic rings. The van der Waals surface area contributed by atoms with E-state index in [-0.39, 0.29) is 27.6 Å². The highest BCUT2D eigenvalue weighted by Crippen LogP contribution is 2.38. The van der Waals surface area contributed by atoms with Crippen molar-refractivity contribution in [1.29, 1.82) is 0 Å². The van der Waals surface area contributed by atoms with E-state index in [0.29, 0.717) is 21.0 Å². The minimum absolute atomic E-state index is 0.126. The molecule has 0 fully saturated rings. The molecule has 1 N–H and O–H groups in total. The first-order valence-electron chi connectivity index (χ1n) is 8.35. The molecule has 0 saturated heterocycles. The Bertz CT molecular complexity index is 1090. The number of carbonyl (C=O) groups excluding carboxylic acids is 2. The second-order valence-corrected chi connectivity index (χ2v) is 8.87. The van der Waals surface area contributed by atoms with E-state index in [1.165, 1.54) is 50.6 Å². The zero-order chi connectivity index (χ0) is 22.1. The zero-order valence-corrected chi connectivity index (χ0v) is 17.4. The standard InChI is InChI=1S/C18H16F2N2O6S2/c1-27-13-7-12-15(8-14(13)28-2)30(25,26)22(17(12)24)9-16(23)21-10-3-5-11(6-4-10)29-18(19)20/h3-8,18H,9H2,1-2H3,(H,21,23). The number of methoxy groups -OCH3 is 2. The molecule has 3 rings (SSSR count). The van der Waals surface area contributed by atoms with Crippen LogP contribution in [0.25, 0.3) is 0 Å². The molecule has 1 heterocycles. The number of benzene rings is 2. The molecule has 0 atom stereocenters. The van der Waals surface area contributed by atoms with Crippen LogP contribution in [0.4, 0.5) is 14.5 Å². The first kappa shape index (κ1) is 21.8. The molecular formula is C18H16F2N2O6S2. The van der Waals surface area contributed by atoms with Crippen molar-refractivity contribution in [3.8, 4) is 11.5 Å². The fraction of sp³-hybridized carbons (Fsp3) is 0.222. The molecule has 0 unspecified atom stereocenters. The summed E-state index contributed by atoms with van der Waals surface area (Å²) in [7, 11) is -1.59. The van der Waals surface area contributed by atoms with Crippen molar-refractivity contribution in [2.45, 2.75) is 15.5 Å². The number of ether oxygens (including phenoxy) is 2. The molecule has 2 amide bonds. The maximum Gasteiger partial charge on any atom is 0.288 e. The zero-order valence-electron chi connectivity index (χ0n) is 15.7. The van der Waals surface area contributed by atoms with Crippen LogP contribution in [0.3, 0.4) is 0 Å². The van der Waals surface area contributed by atoms with Crippen LogP contribution in [-0.2, 0) is 14.8 Å². The fourth-order valence-corrected chi connectivity index (χ4v) is 4.83. The molecule has 0 aliphatic carbocycles. The average Bonchev–Trinajstić information content (AvgIpc) is 2.88. The first-order chi connectivity index (χ1) is 14.2. The number of fused-ring (bicyclic) bond motifs is 1. The van der Waals surface area contributed by atoms with Crippen LogP contribution in [0, 0.1) is 0 Å². The van der Waals surface area contributed by atoms with Crippen molar-refractivity contribution < 1.29 is 36.3 Å². The van der Waals surface area contributed by atoms with Crippen LogP contribution in [0.1, 0.15) is 10.4 Å². The number of carbonyl (C=O) groups is 2. The van der Waals surface area contributed by atoms with Crippen LogP contribution in [0.5, 0.6) is 11.5 Å². The van der Waals surface area contributed by atoms with E-state index < -0.39 is 34.1 Å². The molecule has 1 aliphatic heterocycles. The highest BCUT2D eigenvalue weighted by Gasteiger charge is 2.43. The van der Waals surface area contributed by atoms with Crippen LogP contribution < -0.4 is 14.8 Å². The number of amides is 2. The summed E-state index contributed by atoms with van der Waals surface area (Å²) in [6.45, 7) is -0.756. The smallest absolute Gasteiger partial charge is 0.288 e. The number of hydrogen-bond acceptors (Lipinski definition) is 7. The predicted molar refractivity (Wildman–Crippen MR) is 105 cm³/mol. The van der Waals surface area contributed by atoms with Crippen molar-refractivity contribution in [3.63, 3.8) is 0 Å². The van der Waals surface area contributed by atoms with E-state index in [1.807, 2.05) is 0 Å². The molecule has 0 saturated carbocycles. The van der Waals surface area contributed by atoms with E-state index >= 15 is 0 Å². The van der Waals surface area contributed by atoms with Gasteiger partial charge in [-0.1, -0.05) is 11.8 Å². The normalized spacial score (nSPS) is 14.6. The lowest BCUT2D eigenvalue weighted by Crippen LogP contribution is -2.37. The first-order valence-corrected chi connectivity index (χ1v) is 10.7. The number of sulfonamides is 1. The van der Waals surface area contributed by atoms with Crippen LogP contribution in [0.2, 0.25) is 0 Å². The summed E-state index contributed by atoms with van der Waals surface area (Å²) in [6.07, 6.45) is 0. The Morgan fingerprint density at radius 2 is 1.73 bits per heavy atom. The lowest BCUT2D eigenvalue weighted by molar-refractivity contribution is -0.116. The molecule has 1 aliphatic rings. The van der Waals surface area contributed by atoms with Gasteiger partial charge in [-0.15, -0.1) is 0 Å². The van der Waals surface area contributed by atoms with Crippen LogP contribution >= 0.6 is 11.8 Å². The number of anilines is 1. The summed E-state index contributed by atoms with van der Waals surface area (Å²) in [5.41, 5.74) is 0.136. The SMILES string of the molecule is COc1cc2c(cc1OC)S(=O)(=O)N(CC(=O)Nc1ccc(SC(F)F)cc1)C2=O. The quantitative estimate of drug-likeness (QED) is 0.637. The lowest BCUT2D eigenvalue weighted by Gasteiger charge is -2.15. The van der Waals surface area contributed by atoms with E-state index in [1.54, 1.807) is 0 Å². The molecule has 0 aromatic heterocycles. The number of nitrogens with zero attached hydrogens (tertiary/aromatic N) is 1. The van der Waals surface area contributed by atoms with E-state index in [4.69, 9.17) is 9.47 Å². The number of rotatable bonds is 7. The van der Waals surface area contributed by atoms with Gasteiger partial charge in [0.2, 0.25) is 5.91 Å². The Morgan fingerprint density at radius 1 is 1.13 bits per heavy atom. The third kappa shape index (κ3) is 4.19. The van der Waals surface area contributed by atoms with Gasteiger partial charge in [0.05, 0.1) is 19.8 Å². The Morgan fingerprint density at radius 3 is 2.30 bits per heavy atom. The van der Waals surface area contributed by atoms with Crippen molar-refractivity contribution in [2.75, 3.05) is 26.1 Å². The Kier molecular flexibility index (Phi) is 6.17. The summed E-state index contributed by atoms with van der Waals surface area (Å²) in [4.78, 5) is 24.9. The molecule has 8 nitrogen and oxygen atoms in total. The summed E-state index contributed by atoms with van der Waals surface area (Å²) < 4.78 is 60.8. The van der Waals surface area contributed by atoms with Crippen molar-refractivity contribution in [1.82, 2.24) is 4.31 Å². The predicted octanol–water partition coefficient (Wildman–Crippen LogP) is 2.80. The largest absolute Gasteiger partial charge is 0.493 e. The van der Waals surface area contributed by atoms with Crippen molar-refractivity contribution in [3.05, 3.63) is 42.0 Å². The van der Waals surface area contributed by atoms with Gasteiger partial charge in [-0.05, 0) is 30.3 Å². The molecule has 12 heteroatoms. The lowest BCUT2D eigenvalue weighted by atomic mass is 10.2. The monoisotopic (exact) mass is 458 g/mol. The van der Waals surface area contributed by atoms with Gasteiger partial charge in [0.1, 0.15) is 11.4 Å². The van der Waals surface area contributed by atoms with Gasteiger partial charge >= 0.3 is 0 Å². The van der Waals surface area contributed by atoms with Gasteiger partial charge in [-0.2, -0.15) is 8.78 Å². The van der Waals surface area contributed by atoms with E-state index in [2.05, 4.69) is 5.32 Å². The summed E-state index contributed by atoms with van der Waals surface area (Å²) >= 11 is 0.352. The minimum Gasteiger partial charge on any atom is -0.493 e. The molecule has 2 aromatic carbocycles. The third-order valence-corrected chi connectivity index (χ3v) is 6.65. The van der Waals surface area contributed by atoms with E-state index in [9.17, 15) is 26.8 Å². The number of nitrogens with one attached hydrogen (secondary N) is 1. The average molecular weight is 458 g/mol. The number of thioether (sulfide) groups is 1. The topological polar surface area (TPSA) is 102 Å². The summed E-state index contributed by atoms with van der Waals surface area (Å²) in [5.74, 6) is -3.91. The second kappa shape index (κ2) is 8.48. The van der Waals surface area contributed by atoms with Gasteiger partial charge in [0.15, 0.2) is 11.5 Å². The minimum atomic E-state index is -4.26. The Labute approximate surface area is 175 Å². The molecular weight excluding hydrogens is 442 g/mol. The molecule has 160 valence electrons. The molecule has 0 spiro atoms. The molecule has 0 bridgehead atoms. The summed E-state index contributed by atoms with van der Waals surface area (Å²) in [5, 5.41) is 2.44. The van der Waals surface area contributed by atoms with Crippen molar-refractivity contribution in [2.24, 2.45) is 0 Å². The van der Waals surface area contributed by atoms with Gasteiger partial charge in [0, 0.05) is 16.6 Å². The van der Waals surface area contributed by atoms with Crippen LogP contribution in [-0.4, -0.2) is 51.1 Å². The molecule has 30 heavy (non-hydrogen) atoms. The maximum atomic E-state index is 12.8. The van der Waals surface area contributed by atoms with Gasteiger partial charge in [-0.25, -0.2) is 12.7 Å². The maximum absolute atomic E-state index is 12.8. The summed E-state index contributed by atoms with van der Waals surface area (Å²) in [6, 6.07) is 7.97. The van der Waals surface area contributed by atoms with Gasteiger partial charge in [-0.3, -0.25) is 9.59 Å². The van der Waals surface area contributed by atoms with Crippen molar-refractivity contribution >= 4 is 39.3 Å². The molecule has 0 radical (unpaired) electrons. The highest BCUT2D eigenvalue weighted by molar-refractivity contribution is 7.99. The fourth-order valence-electron chi connectivity index (χ4n) is 2.81. The van der Waals surface area contributed by atoms with E-state index in [0.717, 1.165) is 0 Å². The second-order valence-electron chi connectivity index (χ2n) is 5.97. The van der Waals surface area contributed by atoms with Gasteiger partial charge < -0.3 is 14.8 Å².